The van der Waals surface area contributed by atoms with Crippen molar-refractivity contribution < 1.29 is 13.5 Å². The van der Waals surface area contributed by atoms with Crippen molar-refractivity contribution in [3.05, 3.63) is 35.9 Å². The minimum atomic E-state index is -2.80. The largest absolute Gasteiger partial charge is 0.377 e. The van der Waals surface area contributed by atoms with E-state index in [-0.39, 0.29) is 23.9 Å². The van der Waals surface area contributed by atoms with Crippen molar-refractivity contribution in [2.75, 3.05) is 35.3 Å². The fourth-order valence-electron chi connectivity index (χ4n) is 4.88. The highest BCUT2D eigenvalue weighted by molar-refractivity contribution is 5.99. The number of para-hydroxylation sites is 1. The Balaban J connectivity index is 1.64. The first-order valence-electron chi connectivity index (χ1n) is 12.7. The van der Waals surface area contributed by atoms with Crippen molar-refractivity contribution >= 4 is 29.1 Å². The fourth-order valence-corrected chi connectivity index (χ4v) is 4.88. The zero-order valence-corrected chi connectivity index (χ0v) is 21.3. The summed E-state index contributed by atoms with van der Waals surface area (Å²) in [5.74, 6) is 1.23. The number of benzene rings is 1. The number of aryl methyl sites for hydroxylation is 1. The lowest BCUT2D eigenvalue weighted by molar-refractivity contribution is 0.0752. The molecule has 2 aliphatic rings. The van der Waals surface area contributed by atoms with Crippen LogP contribution in [0.5, 0.6) is 0 Å². The van der Waals surface area contributed by atoms with Crippen LogP contribution in [0.25, 0.3) is 0 Å². The molecule has 10 heteroatoms. The quantitative estimate of drug-likeness (QED) is 0.372. The topological polar surface area (TPSA) is 101 Å². The molecule has 2 heterocycles. The second-order valence-corrected chi connectivity index (χ2v) is 9.95. The Morgan fingerprint density at radius 3 is 2.50 bits per heavy atom. The number of anilines is 3. The number of nitrogens with zero attached hydrogens (tertiary/aromatic N) is 4. The third kappa shape index (κ3) is 6.67. The zero-order valence-electron chi connectivity index (χ0n) is 21.3. The predicted octanol–water partition coefficient (Wildman–Crippen LogP) is 4.74. The molecular formula is C26H37F2N7O. The first kappa shape index (κ1) is 26.2. The van der Waals surface area contributed by atoms with Crippen LogP contribution in [-0.2, 0) is 4.74 Å². The number of hydrogen-bond acceptors (Lipinski definition) is 7. The standard InChI is InChI=1S/C26H37F2N7O/c1-16-6-4-5-7-21(16)31-25(24(27)28)32-22-12-23(35-17(2)14-36-15-18(35)3)34-26(33-22)30-13-19-8-10-20(29)11-9-19/h4-7,12,17-20,24H,8-11,13-15,29H2,1-3H3,(H2,30,31,32,33,34)/t17-,18-,19?,20?/m0/s1. The Hall–Kier alpha value is -2.85. The number of morpholine rings is 1. The maximum atomic E-state index is 14.0. The number of amidine groups is 1. The number of alkyl halides is 2. The highest BCUT2D eigenvalue weighted by atomic mass is 19.3. The van der Waals surface area contributed by atoms with E-state index in [1.807, 2.05) is 19.1 Å². The fraction of sp³-hybridized carbons (Fsp3) is 0.577. The lowest BCUT2D eigenvalue weighted by Crippen LogP contribution is -2.50. The maximum Gasteiger partial charge on any atom is 0.295 e. The first-order chi connectivity index (χ1) is 17.3. The molecule has 1 aromatic carbocycles. The van der Waals surface area contributed by atoms with Crippen LogP contribution in [0.1, 0.15) is 45.1 Å². The zero-order chi connectivity index (χ0) is 25.7. The highest BCUT2D eigenvalue weighted by Gasteiger charge is 2.28. The van der Waals surface area contributed by atoms with E-state index in [1.165, 1.54) is 0 Å². The second-order valence-electron chi connectivity index (χ2n) is 9.95. The van der Waals surface area contributed by atoms with Gasteiger partial charge in [0.05, 0.1) is 25.3 Å². The van der Waals surface area contributed by atoms with Gasteiger partial charge in [0.2, 0.25) is 5.95 Å². The van der Waals surface area contributed by atoms with Gasteiger partial charge >= 0.3 is 0 Å². The molecule has 0 spiro atoms. The molecule has 1 saturated heterocycles. The Labute approximate surface area is 211 Å². The number of halogens is 2. The minimum Gasteiger partial charge on any atom is -0.377 e. The number of nitrogens with one attached hydrogen (secondary N) is 2. The van der Waals surface area contributed by atoms with E-state index in [0.29, 0.717) is 43.1 Å². The van der Waals surface area contributed by atoms with Crippen molar-refractivity contribution in [2.45, 2.75) is 71.0 Å². The first-order valence-corrected chi connectivity index (χ1v) is 12.7. The molecule has 4 N–H and O–H groups in total. The molecule has 2 aromatic rings. The molecule has 36 heavy (non-hydrogen) atoms. The lowest BCUT2D eigenvalue weighted by Gasteiger charge is -2.39. The SMILES string of the molecule is Cc1ccccc1NC(=Nc1cc(N2[C@@H](C)COC[C@@H]2C)nc(NCC2CCC(N)CC2)n1)C(F)F. The number of aliphatic imine (C=N–C) groups is 1. The molecule has 0 amide bonds. The third-order valence-electron chi connectivity index (χ3n) is 6.92. The molecule has 1 aliphatic carbocycles. The number of rotatable bonds is 7. The van der Waals surface area contributed by atoms with E-state index in [4.69, 9.17) is 15.5 Å². The van der Waals surface area contributed by atoms with Gasteiger partial charge in [0, 0.05) is 24.3 Å². The lowest BCUT2D eigenvalue weighted by atomic mass is 9.86. The van der Waals surface area contributed by atoms with Crippen LogP contribution in [-0.4, -0.2) is 60.1 Å². The van der Waals surface area contributed by atoms with Gasteiger partial charge < -0.3 is 26.0 Å². The van der Waals surface area contributed by atoms with Crippen LogP contribution in [0, 0.1) is 12.8 Å². The van der Waals surface area contributed by atoms with Crippen LogP contribution in [0.4, 0.5) is 32.1 Å². The Morgan fingerprint density at radius 1 is 1.14 bits per heavy atom. The monoisotopic (exact) mass is 501 g/mol. The normalized spacial score (nSPS) is 25.2. The summed E-state index contributed by atoms with van der Waals surface area (Å²) in [4.78, 5) is 15.7. The number of aromatic nitrogens is 2. The molecule has 1 aromatic heterocycles. The van der Waals surface area contributed by atoms with E-state index in [2.05, 4.69) is 39.4 Å². The van der Waals surface area contributed by atoms with Crippen molar-refractivity contribution in [3.8, 4) is 0 Å². The molecule has 2 fully saturated rings. The average Bonchev–Trinajstić information content (AvgIpc) is 2.84. The smallest absolute Gasteiger partial charge is 0.295 e. The van der Waals surface area contributed by atoms with Gasteiger partial charge in [0.15, 0.2) is 11.7 Å². The molecule has 0 unspecified atom stereocenters. The van der Waals surface area contributed by atoms with Crippen molar-refractivity contribution in [1.29, 1.82) is 0 Å². The predicted molar refractivity (Wildman–Crippen MR) is 141 cm³/mol. The van der Waals surface area contributed by atoms with Crippen LogP contribution >= 0.6 is 0 Å². The molecule has 2 atom stereocenters. The van der Waals surface area contributed by atoms with Crippen molar-refractivity contribution in [2.24, 2.45) is 16.6 Å². The Kier molecular flexibility index (Phi) is 8.68. The maximum absolute atomic E-state index is 14.0. The molecule has 8 nitrogen and oxygen atoms in total. The molecule has 0 bridgehead atoms. The number of nitrogens with two attached hydrogens (primary N) is 1. The third-order valence-corrected chi connectivity index (χ3v) is 6.92. The van der Waals surface area contributed by atoms with Crippen LogP contribution < -0.4 is 21.3 Å². The Bertz CT molecular complexity index is 1030. The van der Waals surface area contributed by atoms with E-state index in [0.717, 1.165) is 31.2 Å². The molecule has 4 rings (SSSR count). The molecule has 1 aliphatic heterocycles. The molecule has 1 saturated carbocycles. The van der Waals surface area contributed by atoms with Crippen molar-refractivity contribution in [1.82, 2.24) is 9.97 Å². The number of hydrogen-bond donors (Lipinski definition) is 3. The highest BCUT2D eigenvalue weighted by Crippen LogP contribution is 2.28. The van der Waals surface area contributed by atoms with E-state index in [1.54, 1.807) is 18.2 Å². The molecule has 196 valence electrons. The summed E-state index contributed by atoms with van der Waals surface area (Å²) in [5.41, 5.74) is 7.47. The summed E-state index contributed by atoms with van der Waals surface area (Å²) in [6.45, 7) is 7.81. The van der Waals surface area contributed by atoms with Crippen molar-refractivity contribution in [3.63, 3.8) is 0 Å². The summed E-state index contributed by atoms with van der Waals surface area (Å²) in [7, 11) is 0. The van der Waals surface area contributed by atoms with Gasteiger partial charge in [-0.15, -0.1) is 0 Å². The Morgan fingerprint density at radius 2 is 1.83 bits per heavy atom. The summed E-state index contributed by atoms with van der Waals surface area (Å²) in [6, 6.07) is 9.36. The average molecular weight is 502 g/mol. The van der Waals surface area contributed by atoms with Gasteiger partial charge in [-0.05, 0) is 64.0 Å². The van der Waals surface area contributed by atoms with Gasteiger partial charge in [-0.25, -0.2) is 13.8 Å². The summed E-state index contributed by atoms with van der Waals surface area (Å²) < 4.78 is 33.7. The number of ether oxygens (including phenoxy) is 1. The summed E-state index contributed by atoms with van der Waals surface area (Å²) in [6.07, 6.45) is 1.31. The van der Waals surface area contributed by atoms with Gasteiger partial charge in [-0.3, -0.25) is 0 Å². The van der Waals surface area contributed by atoms with E-state index >= 15 is 0 Å². The van der Waals surface area contributed by atoms with Crippen LogP contribution in [0.3, 0.4) is 0 Å². The van der Waals surface area contributed by atoms with Crippen LogP contribution in [0.2, 0.25) is 0 Å². The van der Waals surface area contributed by atoms with E-state index in [9.17, 15) is 8.78 Å². The minimum absolute atomic E-state index is 0.0767. The molecular weight excluding hydrogens is 464 g/mol. The van der Waals surface area contributed by atoms with Gasteiger partial charge in [0.25, 0.3) is 6.43 Å². The van der Waals surface area contributed by atoms with Gasteiger partial charge in [-0.2, -0.15) is 9.97 Å². The summed E-state index contributed by atoms with van der Waals surface area (Å²) in [5, 5.41) is 6.13. The molecule has 0 radical (unpaired) electrons. The second kappa shape index (κ2) is 11.9. The van der Waals surface area contributed by atoms with Crippen LogP contribution in [0.15, 0.2) is 35.3 Å². The summed E-state index contributed by atoms with van der Waals surface area (Å²) >= 11 is 0. The van der Waals surface area contributed by atoms with E-state index < -0.39 is 12.3 Å². The van der Waals surface area contributed by atoms with Gasteiger partial charge in [0.1, 0.15) is 5.82 Å². The van der Waals surface area contributed by atoms with Gasteiger partial charge in [-0.1, -0.05) is 18.2 Å².